The summed E-state index contributed by atoms with van der Waals surface area (Å²) in [7, 11) is 0. The minimum atomic E-state index is -0.0320. The van der Waals surface area contributed by atoms with Crippen molar-refractivity contribution in [3.05, 3.63) is 6.92 Å². The fraction of sp³-hybridized carbons (Fsp3) is 0.961. The fourth-order valence-electron chi connectivity index (χ4n) is 6.95. The number of aliphatic hydroxyl groups is 1. The minimum absolute atomic E-state index is 0. The summed E-state index contributed by atoms with van der Waals surface area (Å²) < 4.78 is 5.73. The Balaban J connectivity index is -0.000000302. The van der Waals surface area contributed by atoms with Crippen molar-refractivity contribution in [2.24, 2.45) is 11.8 Å². The van der Waals surface area contributed by atoms with E-state index in [1.165, 1.54) is 173 Å². The summed E-state index contributed by atoms with van der Waals surface area (Å²) in [4.78, 5) is 14.7. The predicted octanol–water partition coefficient (Wildman–Crippen LogP) is 12.2. The molecule has 5 nitrogen and oxygen atoms in total. The average molecular weight is 838 g/mol. The van der Waals surface area contributed by atoms with Crippen molar-refractivity contribution in [3.63, 3.8) is 0 Å². The molecule has 0 rings (SSSR count). The molecule has 57 heavy (non-hydrogen) atoms. The number of ether oxygens (including phenoxy) is 1. The number of carbonyl (C=O) groups excluding carboxylic acids is 1. The molecule has 0 spiro atoms. The first kappa shape index (κ1) is 67.1. The van der Waals surface area contributed by atoms with E-state index in [-0.39, 0.29) is 70.6 Å². The first-order valence-corrected chi connectivity index (χ1v) is 25.2. The van der Waals surface area contributed by atoms with Crippen LogP contribution in [0.5, 0.6) is 0 Å². The number of unbranched alkanes of at least 4 members (excludes halogenated alkanes) is 19. The van der Waals surface area contributed by atoms with Gasteiger partial charge in [-0.05, 0) is 63.6 Å². The van der Waals surface area contributed by atoms with Gasteiger partial charge in [-0.25, -0.2) is 0 Å². The molecular formula is C51H107KNO4-. The number of carbonyl (C=O) groups is 1. The summed E-state index contributed by atoms with van der Waals surface area (Å²) >= 11 is 0. The molecule has 0 fully saturated rings. The molecule has 0 aliphatic heterocycles. The van der Waals surface area contributed by atoms with Crippen LogP contribution < -0.4 is 56.5 Å². The molecular weight excluding hydrogens is 730 g/mol. The smallest absolute Gasteiger partial charge is 0.854 e. The first-order chi connectivity index (χ1) is 27.3. The maximum Gasteiger partial charge on any atom is 1.00 e. The van der Waals surface area contributed by atoms with Gasteiger partial charge in [-0.3, -0.25) is 4.79 Å². The van der Waals surface area contributed by atoms with E-state index in [1.54, 1.807) is 0 Å². The van der Waals surface area contributed by atoms with Crippen molar-refractivity contribution in [1.29, 1.82) is 0 Å². The monoisotopic (exact) mass is 837 g/mol. The van der Waals surface area contributed by atoms with Gasteiger partial charge < -0.3 is 26.8 Å². The van der Waals surface area contributed by atoms with Gasteiger partial charge in [0.05, 0.1) is 6.61 Å². The van der Waals surface area contributed by atoms with Crippen LogP contribution in [0.3, 0.4) is 0 Å². The largest absolute Gasteiger partial charge is 1.00 e. The van der Waals surface area contributed by atoms with E-state index < -0.39 is 0 Å². The fourth-order valence-corrected chi connectivity index (χ4v) is 6.95. The molecule has 0 aliphatic rings. The summed E-state index contributed by atoms with van der Waals surface area (Å²) in [6, 6.07) is 0. The molecule has 0 bridgehead atoms. The van der Waals surface area contributed by atoms with Crippen LogP contribution in [0.25, 0.3) is 0 Å². The van der Waals surface area contributed by atoms with Gasteiger partial charge in [0.2, 0.25) is 0 Å². The topological polar surface area (TPSA) is 72.8 Å². The molecule has 0 aromatic heterocycles. The Morgan fingerprint density at radius 3 is 1.33 bits per heavy atom. The Morgan fingerprint density at radius 1 is 0.526 bits per heavy atom. The molecule has 0 saturated heterocycles. The number of hydrogen-bond acceptors (Lipinski definition) is 5. The van der Waals surface area contributed by atoms with Crippen LogP contribution in [0.15, 0.2) is 0 Å². The molecule has 6 heteroatoms. The van der Waals surface area contributed by atoms with Gasteiger partial charge in [0.25, 0.3) is 0 Å². The van der Waals surface area contributed by atoms with E-state index in [0.29, 0.717) is 24.9 Å². The molecule has 0 aromatic carbocycles. The number of esters is 1. The minimum Gasteiger partial charge on any atom is -0.854 e. The van der Waals surface area contributed by atoms with Crippen LogP contribution in [-0.2, 0) is 9.53 Å². The van der Waals surface area contributed by atoms with E-state index in [0.717, 1.165) is 51.7 Å². The van der Waals surface area contributed by atoms with E-state index >= 15 is 0 Å². The Bertz CT molecular complexity index is 651. The van der Waals surface area contributed by atoms with E-state index in [4.69, 9.17) is 9.84 Å². The van der Waals surface area contributed by atoms with Crippen LogP contribution in [0.1, 0.15) is 267 Å². The summed E-state index contributed by atoms with van der Waals surface area (Å²) in [6.45, 7) is 25.6. The van der Waals surface area contributed by atoms with Crippen LogP contribution in [0.2, 0.25) is 0 Å². The van der Waals surface area contributed by atoms with Crippen LogP contribution >= 0.6 is 0 Å². The molecule has 0 radical (unpaired) electrons. The number of hydrogen-bond donors (Lipinski definition) is 1. The third-order valence-corrected chi connectivity index (χ3v) is 10.8. The molecule has 0 aliphatic carbocycles. The molecule has 342 valence electrons. The zero-order valence-electron chi connectivity index (χ0n) is 41.1. The van der Waals surface area contributed by atoms with Gasteiger partial charge in [-0.15, -0.1) is 6.61 Å². The van der Waals surface area contributed by atoms with Gasteiger partial charge in [0, 0.05) is 13.0 Å². The maximum atomic E-state index is 12.4. The van der Waals surface area contributed by atoms with E-state index in [2.05, 4.69) is 67.2 Å². The molecule has 2 unspecified atom stereocenters. The number of rotatable bonds is 39. The van der Waals surface area contributed by atoms with E-state index in [9.17, 15) is 9.90 Å². The van der Waals surface area contributed by atoms with Crippen LogP contribution in [0.4, 0.5) is 0 Å². The zero-order valence-corrected chi connectivity index (χ0v) is 44.2. The second-order valence-corrected chi connectivity index (χ2v) is 16.6. The van der Waals surface area contributed by atoms with Gasteiger partial charge in [0.15, 0.2) is 0 Å². The number of nitrogens with zero attached hydrogens (tertiary/aromatic N) is 1. The Hall–Kier alpha value is 0.986. The summed E-state index contributed by atoms with van der Waals surface area (Å²) in [5.41, 5.74) is 0. The average Bonchev–Trinajstić information content (AvgIpc) is 3.20. The molecule has 0 heterocycles. The van der Waals surface area contributed by atoms with Crippen LogP contribution in [0, 0.1) is 18.8 Å². The Kier molecular flexibility index (Phi) is 74.9. The normalized spacial score (nSPS) is 11.6. The standard InChI is InChI=1S/C29H58NO3.C8H17O.C8H18.C6H14.K/c1-4-7-9-11-12-14-16-21-28(20-15-13-10-8-5-2)27-33-29(32)22-19-25-30(23-6-3)24-17-18-26-31;1-3-5-8(4-2)6-7-9;1-3-5-7-8-6-4-2;1-3-5-6-4-2;/h28,31H,3-27H2,1-2H3;8H,3-7H2,1-2H3;3-8H2,1-2H3;3-6H2,1-2H3;/q2*-1;;;+1. The third-order valence-electron chi connectivity index (χ3n) is 10.8. The van der Waals surface area contributed by atoms with Gasteiger partial charge in [-0.1, -0.05) is 222 Å². The summed E-state index contributed by atoms with van der Waals surface area (Å²) in [5.74, 6) is 1.20. The van der Waals surface area contributed by atoms with Crippen molar-refractivity contribution in [1.82, 2.24) is 4.90 Å². The van der Waals surface area contributed by atoms with Crippen LogP contribution in [-0.4, -0.2) is 55.4 Å². The van der Waals surface area contributed by atoms with E-state index in [1.807, 2.05) is 0 Å². The SMILES string of the molecule is CCCC(CC)CC[O-].CCCCCC.CCCCCCCC.[CH2-]CCN(CCCCO)CCCC(=O)OCC(CCCCCCC)CCCCCCCCC.[K+]. The molecule has 1 N–H and O–H groups in total. The Labute approximate surface area is 404 Å². The maximum absolute atomic E-state index is 12.4. The summed E-state index contributed by atoms with van der Waals surface area (Å²) in [5, 5.41) is 19.1. The summed E-state index contributed by atoms with van der Waals surface area (Å²) in [6.07, 6.45) is 40.9. The van der Waals surface area contributed by atoms with Crippen molar-refractivity contribution in [3.8, 4) is 0 Å². The quantitative estimate of drug-likeness (QED) is 0.0289. The second kappa shape index (κ2) is 63.6. The number of aliphatic hydroxyl groups excluding tert-OH is 1. The predicted molar refractivity (Wildman–Crippen MR) is 249 cm³/mol. The molecule has 2 atom stereocenters. The third kappa shape index (κ3) is 63.8. The van der Waals surface area contributed by atoms with Gasteiger partial charge in [-0.2, -0.15) is 6.42 Å². The Morgan fingerprint density at radius 2 is 0.947 bits per heavy atom. The van der Waals surface area contributed by atoms with Crippen molar-refractivity contribution in [2.45, 2.75) is 267 Å². The molecule has 0 saturated carbocycles. The van der Waals surface area contributed by atoms with Crippen molar-refractivity contribution >= 4 is 5.97 Å². The van der Waals surface area contributed by atoms with Crippen molar-refractivity contribution in [2.75, 3.05) is 39.5 Å². The van der Waals surface area contributed by atoms with Crippen molar-refractivity contribution < 1.29 is 71.1 Å². The molecule has 0 amide bonds. The molecule has 0 aromatic rings. The first-order valence-electron chi connectivity index (χ1n) is 25.2. The zero-order chi connectivity index (χ0) is 42.6. The van der Waals surface area contributed by atoms with Gasteiger partial charge in [0.1, 0.15) is 0 Å². The second-order valence-electron chi connectivity index (χ2n) is 16.6. The van der Waals surface area contributed by atoms with Gasteiger partial charge >= 0.3 is 57.4 Å².